The topological polar surface area (TPSA) is 105 Å². The highest BCUT2D eigenvalue weighted by Gasteiger charge is 2.27. The third kappa shape index (κ3) is 4.07. The van der Waals surface area contributed by atoms with Gasteiger partial charge in [0.2, 0.25) is 0 Å². The number of hydrogen-bond donors (Lipinski definition) is 1. The zero-order chi connectivity index (χ0) is 18.0. The van der Waals surface area contributed by atoms with Gasteiger partial charge in [-0.3, -0.25) is 10.1 Å². The number of nitro groups is 1. The molecule has 0 aromatic carbocycles. The molecular formula is C15H18N4O4S2. The molecule has 0 unspecified atom stereocenters. The highest BCUT2D eigenvalue weighted by atomic mass is 32.2. The van der Waals surface area contributed by atoms with Crippen LogP contribution in [0, 0.1) is 10.1 Å². The standard InChI is InChI=1S/C15H18N4O4S2/c1-25(22,23)14-10-12(19(20)21)15(24-14)17-11-5-8-18(9-6-11)13-4-2-3-7-16-13/h2-4,7,10-11,17H,5-6,8-9H2,1H3. The first-order chi connectivity index (χ1) is 11.8. The van der Waals surface area contributed by atoms with Gasteiger partial charge in [-0.1, -0.05) is 17.4 Å². The van der Waals surface area contributed by atoms with Crippen LogP contribution < -0.4 is 10.2 Å². The van der Waals surface area contributed by atoms with Gasteiger partial charge in [0, 0.05) is 37.7 Å². The average molecular weight is 382 g/mol. The number of sulfone groups is 1. The summed E-state index contributed by atoms with van der Waals surface area (Å²) in [6.45, 7) is 1.57. The van der Waals surface area contributed by atoms with Gasteiger partial charge >= 0.3 is 5.69 Å². The van der Waals surface area contributed by atoms with Crippen LogP contribution in [-0.2, 0) is 9.84 Å². The first-order valence-electron chi connectivity index (χ1n) is 7.75. The van der Waals surface area contributed by atoms with E-state index in [1.54, 1.807) is 6.20 Å². The van der Waals surface area contributed by atoms with E-state index < -0.39 is 14.8 Å². The first-order valence-corrected chi connectivity index (χ1v) is 10.5. The Labute approximate surface area is 149 Å². The SMILES string of the molecule is CS(=O)(=O)c1cc([N+](=O)[O-])c(NC2CCN(c3ccccn3)CC2)s1. The fourth-order valence-corrected chi connectivity index (χ4v) is 4.78. The molecule has 1 aliphatic rings. The van der Waals surface area contributed by atoms with Crippen molar-refractivity contribution < 1.29 is 13.3 Å². The van der Waals surface area contributed by atoms with Crippen molar-refractivity contribution in [1.82, 2.24) is 4.98 Å². The predicted molar refractivity (Wildman–Crippen MR) is 97.2 cm³/mol. The van der Waals surface area contributed by atoms with Crippen molar-refractivity contribution in [2.75, 3.05) is 29.6 Å². The van der Waals surface area contributed by atoms with E-state index in [4.69, 9.17) is 0 Å². The lowest BCUT2D eigenvalue weighted by molar-refractivity contribution is -0.383. The van der Waals surface area contributed by atoms with Crippen LogP contribution in [-0.4, -0.2) is 43.7 Å². The van der Waals surface area contributed by atoms with Crippen LogP contribution in [0.3, 0.4) is 0 Å². The van der Waals surface area contributed by atoms with Crippen LogP contribution in [0.5, 0.6) is 0 Å². The number of piperidine rings is 1. The van der Waals surface area contributed by atoms with Gasteiger partial charge in [0.15, 0.2) is 14.8 Å². The molecule has 0 saturated carbocycles. The molecule has 1 fully saturated rings. The van der Waals surface area contributed by atoms with Crippen molar-refractivity contribution in [2.45, 2.75) is 23.1 Å². The molecule has 0 bridgehead atoms. The van der Waals surface area contributed by atoms with Crippen LogP contribution in [0.1, 0.15) is 12.8 Å². The molecule has 0 amide bonds. The van der Waals surface area contributed by atoms with Gasteiger partial charge in [-0.15, -0.1) is 0 Å². The zero-order valence-corrected chi connectivity index (χ0v) is 15.2. The highest BCUT2D eigenvalue weighted by Crippen LogP contribution is 2.38. The lowest BCUT2D eigenvalue weighted by Gasteiger charge is -2.33. The molecule has 2 aromatic rings. The van der Waals surface area contributed by atoms with Crippen molar-refractivity contribution in [3.63, 3.8) is 0 Å². The summed E-state index contributed by atoms with van der Waals surface area (Å²) >= 11 is 0.919. The monoisotopic (exact) mass is 382 g/mol. The zero-order valence-electron chi connectivity index (χ0n) is 13.6. The van der Waals surface area contributed by atoms with Crippen LogP contribution in [0.25, 0.3) is 0 Å². The molecule has 2 aromatic heterocycles. The molecule has 0 spiro atoms. The third-order valence-corrected chi connectivity index (χ3v) is 6.91. The summed E-state index contributed by atoms with van der Waals surface area (Å²) in [5.41, 5.74) is -0.183. The Hall–Kier alpha value is -2.20. The molecule has 0 radical (unpaired) electrons. The van der Waals surface area contributed by atoms with E-state index in [0.717, 1.165) is 55.4 Å². The quantitative estimate of drug-likeness (QED) is 0.626. The number of thiophene rings is 1. The Kier molecular flexibility index (Phi) is 4.91. The van der Waals surface area contributed by atoms with E-state index in [1.165, 1.54) is 0 Å². The molecule has 1 N–H and O–H groups in total. The maximum Gasteiger partial charge on any atom is 0.304 e. The van der Waals surface area contributed by atoms with E-state index in [9.17, 15) is 18.5 Å². The summed E-state index contributed by atoms with van der Waals surface area (Å²) in [6, 6.07) is 6.95. The molecule has 1 saturated heterocycles. The Morgan fingerprint density at radius 2 is 2.08 bits per heavy atom. The van der Waals surface area contributed by atoms with Crippen LogP contribution >= 0.6 is 11.3 Å². The smallest absolute Gasteiger partial charge is 0.304 e. The molecule has 8 nitrogen and oxygen atoms in total. The lowest BCUT2D eigenvalue weighted by atomic mass is 10.1. The Morgan fingerprint density at radius 1 is 1.36 bits per heavy atom. The Balaban J connectivity index is 1.70. The van der Waals surface area contributed by atoms with Crippen LogP contribution in [0.15, 0.2) is 34.7 Å². The minimum absolute atomic E-state index is 0.00706. The van der Waals surface area contributed by atoms with Crippen molar-refractivity contribution in [3.05, 3.63) is 40.6 Å². The van der Waals surface area contributed by atoms with Gasteiger partial charge in [0.05, 0.1) is 4.92 Å². The largest absolute Gasteiger partial charge is 0.368 e. The number of anilines is 2. The highest BCUT2D eigenvalue weighted by molar-refractivity contribution is 7.92. The summed E-state index contributed by atoms with van der Waals surface area (Å²) in [5.74, 6) is 0.919. The summed E-state index contributed by atoms with van der Waals surface area (Å²) < 4.78 is 23.3. The Morgan fingerprint density at radius 3 is 2.64 bits per heavy atom. The van der Waals surface area contributed by atoms with Gasteiger partial charge < -0.3 is 10.2 Å². The van der Waals surface area contributed by atoms with E-state index in [0.29, 0.717) is 5.00 Å². The second-order valence-corrected chi connectivity index (χ2v) is 9.20. The summed E-state index contributed by atoms with van der Waals surface area (Å²) in [7, 11) is -3.47. The summed E-state index contributed by atoms with van der Waals surface area (Å²) in [6.07, 6.45) is 4.39. The molecule has 0 aliphatic carbocycles. The number of rotatable bonds is 5. The molecule has 3 heterocycles. The van der Waals surface area contributed by atoms with Gasteiger partial charge in [0.25, 0.3) is 0 Å². The van der Waals surface area contributed by atoms with Crippen molar-refractivity contribution in [3.8, 4) is 0 Å². The van der Waals surface area contributed by atoms with Gasteiger partial charge in [-0.25, -0.2) is 13.4 Å². The molecule has 25 heavy (non-hydrogen) atoms. The molecule has 10 heteroatoms. The lowest BCUT2D eigenvalue weighted by Crippen LogP contribution is -2.39. The van der Waals surface area contributed by atoms with Crippen LogP contribution in [0.4, 0.5) is 16.5 Å². The van der Waals surface area contributed by atoms with Gasteiger partial charge in [0.1, 0.15) is 10.0 Å². The van der Waals surface area contributed by atoms with Crippen molar-refractivity contribution in [1.29, 1.82) is 0 Å². The first kappa shape index (κ1) is 17.6. The minimum Gasteiger partial charge on any atom is -0.368 e. The van der Waals surface area contributed by atoms with E-state index in [1.807, 2.05) is 18.2 Å². The number of nitrogens with one attached hydrogen (secondary N) is 1. The molecule has 1 aliphatic heterocycles. The second kappa shape index (κ2) is 6.96. The third-order valence-electron chi connectivity index (χ3n) is 4.06. The number of aromatic nitrogens is 1. The van der Waals surface area contributed by atoms with Gasteiger partial charge in [-0.2, -0.15) is 0 Å². The maximum absolute atomic E-state index is 11.7. The molecular weight excluding hydrogens is 364 g/mol. The van der Waals surface area contributed by atoms with E-state index in [2.05, 4.69) is 15.2 Å². The van der Waals surface area contributed by atoms with E-state index >= 15 is 0 Å². The second-order valence-electron chi connectivity index (χ2n) is 5.90. The van der Waals surface area contributed by atoms with E-state index in [-0.39, 0.29) is 15.9 Å². The van der Waals surface area contributed by atoms with Gasteiger partial charge in [-0.05, 0) is 25.0 Å². The number of hydrogen-bond acceptors (Lipinski definition) is 8. The average Bonchev–Trinajstić information content (AvgIpc) is 3.01. The predicted octanol–water partition coefficient (Wildman–Crippen LogP) is 2.54. The molecule has 134 valence electrons. The summed E-state index contributed by atoms with van der Waals surface area (Å²) in [5, 5.41) is 14.7. The number of pyridine rings is 1. The Bertz CT molecular complexity index is 859. The number of nitrogens with zero attached hydrogens (tertiary/aromatic N) is 3. The molecule has 3 rings (SSSR count). The normalized spacial score (nSPS) is 16.0. The molecule has 0 atom stereocenters. The summed E-state index contributed by atoms with van der Waals surface area (Å²) in [4.78, 5) is 17.2. The van der Waals surface area contributed by atoms with Crippen molar-refractivity contribution >= 4 is 37.7 Å². The minimum atomic E-state index is -3.47. The fourth-order valence-electron chi connectivity index (χ4n) is 2.76. The maximum atomic E-state index is 11.7. The van der Waals surface area contributed by atoms with Crippen molar-refractivity contribution in [2.24, 2.45) is 0 Å². The fraction of sp³-hybridized carbons (Fsp3) is 0.400. The van der Waals surface area contributed by atoms with Crippen LogP contribution in [0.2, 0.25) is 0 Å².